The van der Waals surface area contributed by atoms with Crippen molar-refractivity contribution in [2.75, 3.05) is 10.6 Å². The number of hydrogen-bond donors (Lipinski definition) is 3. The molecule has 57 heavy (non-hydrogen) atoms. The Bertz CT molecular complexity index is 2340. The van der Waals surface area contributed by atoms with Gasteiger partial charge in [0.2, 0.25) is 5.60 Å². The Morgan fingerprint density at radius 2 is 1.37 bits per heavy atom. The first-order chi connectivity index (χ1) is 27.7. The Kier molecular flexibility index (Phi) is 11.9. The number of nitrogens with zero attached hydrogens (tertiary/aromatic N) is 4. The molecule has 13 heteroatoms. The van der Waals surface area contributed by atoms with Gasteiger partial charge in [-0.2, -0.15) is 10.3 Å². The standard InChI is InChI=1S/C44H39N7O4S2/c1-43(2,3)54-42(53)48-41-46-35(29-56-41)39(50-55-44(32-20-10-5-11-21-32,33-22-12-6-13-23-33)34-24-14-7-15-25-34)40(52)47-38-31(27-30-17-8-4-9-18-30)19-16-26-36(38)57-37-28-45-51-49-37/h4-26,28-29H,27H2,1-3H3,(H,47,52)(H,45,49,51)(H,46,48,53)/b50-39-. The van der Waals surface area contributed by atoms with E-state index in [1.807, 2.05) is 140 Å². The third kappa shape index (κ3) is 9.46. The highest BCUT2D eigenvalue weighted by Gasteiger charge is 2.40. The molecule has 5 aromatic carbocycles. The molecule has 0 aliphatic rings. The molecule has 0 fully saturated rings. The van der Waals surface area contributed by atoms with E-state index in [1.165, 1.54) is 11.8 Å². The number of rotatable bonds is 13. The smallest absolute Gasteiger partial charge is 0.413 e. The van der Waals surface area contributed by atoms with Gasteiger partial charge in [-0.15, -0.1) is 16.4 Å². The summed E-state index contributed by atoms with van der Waals surface area (Å²) in [5, 5.41) is 23.9. The van der Waals surface area contributed by atoms with Crippen molar-refractivity contribution in [1.82, 2.24) is 20.4 Å². The van der Waals surface area contributed by atoms with E-state index in [1.54, 1.807) is 32.3 Å². The van der Waals surface area contributed by atoms with Crippen LogP contribution in [0.1, 0.15) is 54.3 Å². The second-order valence-electron chi connectivity index (χ2n) is 13.8. The molecule has 286 valence electrons. The summed E-state index contributed by atoms with van der Waals surface area (Å²) in [6.07, 6.45) is 1.47. The molecule has 3 N–H and O–H groups in total. The first-order valence-corrected chi connectivity index (χ1v) is 19.8. The number of anilines is 2. The van der Waals surface area contributed by atoms with Crippen molar-refractivity contribution in [1.29, 1.82) is 0 Å². The Morgan fingerprint density at radius 1 is 0.772 bits per heavy atom. The van der Waals surface area contributed by atoms with Crippen LogP contribution in [0.3, 0.4) is 0 Å². The molecule has 0 saturated carbocycles. The van der Waals surface area contributed by atoms with Crippen LogP contribution in [0.5, 0.6) is 0 Å². The molecule has 2 amide bonds. The van der Waals surface area contributed by atoms with E-state index in [0.717, 1.165) is 44.0 Å². The van der Waals surface area contributed by atoms with Crippen LogP contribution in [0, 0.1) is 0 Å². The fourth-order valence-electron chi connectivity index (χ4n) is 6.12. The van der Waals surface area contributed by atoms with Gasteiger partial charge >= 0.3 is 6.09 Å². The Hall–Kier alpha value is -6.57. The van der Waals surface area contributed by atoms with Crippen molar-refractivity contribution < 1.29 is 19.2 Å². The van der Waals surface area contributed by atoms with Gasteiger partial charge in [0, 0.05) is 27.0 Å². The number of para-hydroxylation sites is 1. The minimum absolute atomic E-state index is 0.123. The topological polar surface area (TPSA) is 143 Å². The predicted octanol–water partition coefficient (Wildman–Crippen LogP) is 9.70. The highest BCUT2D eigenvalue weighted by molar-refractivity contribution is 7.99. The van der Waals surface area contributed by atoms with Gasteiger partial charge in [0.05, 0.1) is 11.9 Å². The molecule has 0 atom stereocenters. The van der Waals surface area contributed by atoms with E-state index >= 15 is 0 Å². The van der Waals surface area contributed by atoms with Crippen LogP contribution in [-0.2, 0) is 26.4 Å². The number of aromatic nitrogens is 4. The van der Waals surface area contributed by atoms with E-state index in [4.69, 9.17) is 14.7 Å². The molecule has 7 rings (SSSR count). The third-order valence-electron chi connectivity index (χ3n) is 8.58. The highest BCUT2D eigenvalue weighted by Crippen LogP contribution is 2.41. The number of hydrogen-bond acceptors (Lipinski definition) is 10. The number of amides is 2. The third-order valence-corrected chi connectivity index (χ3v) is 10.3. The van der Waals surface area contributed by atoms with Gasteiger partial charge in [-0.05, 0) is 44.4 Å². The molecule has 0 aliphatic heterocycles. The number of oxime groups is 1. The summed E-state index contributed by atoms with van der Waals surface area (Å²) in [4.78, 5) is 39.9. The van der Waals surface area contributed by atoms with Gasteiger partial charge in [0.25, 0.3) is 5.91 Å². The monoisotopic (exact) mass is 793 g/mol. The summed E-state index contributed by atoms with van der Waals surface area (Å²) in [6.45, 7) is 5.32. The maximum Gasteiger partial charge on any atom is 0.413 e. The maximum atomic E-state index is 14.9. The molecule has 0 bridgehead atoms. The SMILES string of the molecule is CC(C)(C)OC(=O)Nc1nc(/C(=N/OC(c2ccccc2)(c2ccccc2)c2ccccc2)C(=O)Nc2c(Cc3ccccc3)cccc2Sc2cn[nH]n2)cs1. The normalized spacial score (nSPS) is 11.8. The van der Waals surface area contributed by atoms with Crippen molar-refractivity contribution in [3.8, 4) is 0 Å². The lowest BCUT2D eigenvalue weighted by atomic mass is 9.80. The summed E-state index contributed by atoms with van der Waals surface area (Å²) in [6, 6.07) is 45.0. The lowest BCUT2D eigenvalue weighted by Crippen LogP contribution is -2.33. The molecule has 0 unspecified atom stereocenters. The molecule has 7 aromatic rings. The number of nitrogens with one attached hydrogen (secondary N) is 3. The van der Waals surface area contributed by atoms with Crippen molar-refractivity contribution in [3.05, 3.63) is 185 Å². The van der Waals surface area contributed by atoms with E-state index in [0.29, 0.717) is 17.1 Å². The molecular formula is C44H39N7O4S2. The van der Waals surface area contributed by atoms with E-state index in [2.05, 4.69) is 31.0 Å². The zero-order valence-corrected chi connectivity index (χ0v) is 33.0. The largest absolute Gasteiger partial charge is 0.444 e. The number of ether oxygens (including phenoxy) is 1. The molecule has 2 aromatic heterocycles. The number of carbonyl (C=O) groups is 2. The van der Waals surface area contributed by atoms with Crippen LogP contribution in [0.4, 0.5) is 15.6 Å². The average molecular weight is 794 g/mol. The highest BCUT2D eigenvalue weighted by atomic mass is 32.2. The number of benzene rings is 5. The summed E-state index contributed by atoms with van der Waals surface area (Å²) in [5.41, 5.74) is 2.89. The Balaban J connectivity index is 1.35. The second-order valence-corrected chi connectivity index (χ2v) is 15.7. The number of carbonyl (C=O) groups excluding carboxylic acids is 2. The van der Waals surface area contributed by atoms with Crippen LogP contribution in [-0.4, -0.2) is 43.7 Å². The number of thiazole rings is 1. The van der Waals surface area contributed by atoms with Gasteiger partial charge in [-0.1, -0.05) is 150 Å². The van der Waals surface area contributed by atoms with Gasteiger partial charge in [-0.3, -0.25) is 10.1 Å². The van der Waals surface area contributed by atoms with Gasteiger partial charge in [-0.25, -0.2) is 9.78 Å². The molecule has 11 nitrogen and oxygen atoms in total. The minimum atomic E-state index is -1.29. The number of aromatic amines is 1. The van der Waals surface area contributed by atoms with E-state index in [-0.39, 0.29) is 16.5 Å². The van der Waals surface area contributed by atoms with Crippen molar-refractivity contribution in [3.63, 3.8) is 0 Å². The van der Waals surface area contributed by atoms with E-state index < -0.39 is 23.2 Å². The van der Waals surface area contributed by atoms with Gasteiger partial charge < -0.3 is 14.9 Å². The minimum Gasteiger partial charge on any atom is -0.444 e. The summed E-state index contributed by atoms with van der Waals surface area (Å²) in [5.74, 6) is -0.588. The summed E-state index contributed by atoms with van der Waals surface area (Å²) >= 11 is 2.48. The lowest BCUT2D eigenvalue weighted by Gasteiger charge is -2.33. The van der Waals surface area contributed by atoms with Crippen molar-refractivity contribution in [2.45, 2.75) is 48.3 Å². The van der Waals surface area contributed by atoms with Crippen LogP contribution >= 0.6 is 23.1 Å². The Labute approximate surface area is 338 Å². The molecule has 0 radical (unpaired) electrons. The molecule has 0 aliphatic carbocycles. The number of H-pyrrole nitrogens is 1. The zero-order chi connectivity index (χ0) is 39.7. The van der Waals surface area contributed by atoms with E-state index in [9.17, 15) is 9.59 Å². The van der Waals surface area contributed by atoms with Crippen molar-refractivity contribution >= 4 is 51.6 Å². The van der Waals surface area contributed by atoms with Crippen LogP contribution in [0.15, 0.2) is 166 Å². The van der Waals surface area contributed by atoms with Gasteiger partial charge in [0.15, 0.2) is 10.8 Å². The van der Waals surface area contributed by atoms with Gasteiger partial charge in [0.1, 0.15) is 16.3 Å². The van der Waals surface area contributed by atoms with Crippen LogP contribution in [0.2, 0.25) is 0 Å². The average Bonchev–Trinajstić information content (AvgIpc) is 3.91. The second kappa shape index (κ2) is 17.5. The van der Waals surface area contributed by atoms with Crippen LogP contribution < -0.4 is 10.6 Å². The molecule has 0 saturated heterocycles. The first kappa shape index (κ1) is 38.7. The summed E-state index contributed by atoms with van der Waals surface area (Å²) < 4.78 is 5.46. The Morgan fingerprint density at radius 3 is 1.93 bits per heavy atom. The fourth-order valence-corrected chi connectivity index (χ4v) is 7.65. The van der Waals surface area contributed by atoms with Crippen LogP contribution in [0.25, 0.3) is 0 Å². The molecule has 2 heterocycles. The molecular weight excluding hydrogens is 755 g/mol. The maximum absolute atomic E-state index is 14.9. The zero-order valence-electron chi connectivity index (χ0n) is 31.4. The quantitative estimate of drug-likeness (QED) is 0.0595. The first-order valence-electron chi connectivity index (χ1n) is 18.1. The predicted molar refractivity (Wildman–Crippen MR) is 224 cm³/mol. The molecule has 0 spiro atoms. The summed E-state index contributed by atoms with van der Waals surface area (Å²) in [7, 11) is 0. The lowest BCUT2D eigenvalue weighted by molar-refractivity contribution is -0.110. The fraction of sp³-hybridized carbons (Fsp3) is 0.136. The van der Waals surface area contributed by atoms with Crippen molar-refractivity contribution in [2.24, 2.45) is 5.16 Å².